The standard InChI is InChI=1S/C20H21ClF4N2O.C4H6O4/c21-17-6-3-14-7-9-26-10-8-16(14)18(17)27-11-13-1-4-15(5-2-13)28-12-20(24,25)19(22)23;1-3(8-7)2-4(5)6/h1-6,19,26-27H,7-12H2;7H,1-2H2,(H,5,6). The number of hydrogen-bond acceptors (Lipinski definition) is 6. The molecule has 0 aromatic heterocycles. The van der Waals surface area contributed by atoms with Gasteiger partial charge in [0.05, 0.1) is 10.7 Å². The molecule has 1 heterocycles. The highest BCUT2D eigenvalue weighted by molar-refractivity contribution is 6.33. The van der Waals surface area contributed by atoms with E-state index in [4.69, 9.17) is 26.7 Å². The fourth-order valence-electron chi connectivity index (χ4n) is 3.27. The number of halogens is 5. The fraction of sp³-hybridized carbons (Fsp3) is 0.375. The van der Waals surface area contributed by atoms with E-state index in [0.717, 1.165) is 37.2 Å². The Balaban J connectivity index is 0.000000493. The Bertz CT molecular complexity index is 1020. The van der Waals surface area contributed by atoms with Crippen LogP contribution >= 0.6 is 11.6 Å². The molecule has 0 spiro atoms. The quantitative estimate of drug-likeness (QED) is 0.140. The number of benzene rings is 2. The minimum absolute atomic E-state index is 0.113. The zero-order chi connectivity index (χ0) is 26.7. The molecule has 36 heavy (non-hydrogen) atoms. The molecule has 0 atom stereocenters. The highest BCUT2D eigenvalue weighted by Crippen LogP contribution is 2.31. The van der Waals surface area contributed by atoms with Crippen molar-refractivity contribution in [2.24, 2.45) is 0 Å². The van der Waals surface area contributed by atoms with Gasteiger partial charge in [0.1, 0.15) is 17.9 Å². The molecule has 0 saturated carbocycles. The first-order valence-electron chi connectivity index (χ1n) is 10.9. The highest BCUT2D eigenvalue weighted by atomic mass is 35.5. The average Bonchev–Trinajstić information content (AvgIpc) is 3.08. The summed E-state index contributed by atoms with van der Waals surface area (Å²) in [5.74, 6) is -5.31. The van der Waals surface area contributed by atoms with Gasteiger partial charge < -0.3 is 25.4 Å². The lowest BCUT2D eigenvalue weighted by molar-refractivity contribution is -0.206. The van der Waals surface area contributed by atoms with Crippen LogP contribution in [0.2, 0.25) is 5.02 Å². The molecule has 3 rings (SSSR count). The number of ether oxygens (including phenoxy) is 1. The molecule has 0 amide bonds. The molecular formula is C24H27ClF4N2O5. The third kappa shape index (κ3) is 9.21. The maximum atomic E-state index is 12.9. The summed E-state index contributed by atoms with van der Waals surface area (Å²) < 4.78 is 55.0. The lowest BCUT2D eigenvalue weighted by atomic mass is 10.0. The Kier molecular flexibility index (Phi) is 11.3. The Hall–Kier alpha value is -3.02. The van der Waals surface area contributed by atoms with E-state index in [9.17, 15) is 22.4 Å². The molecule has 0 fully saturated rings. The van der Waals surface area contributed by atoms with Gasteiger partial charge in [0, 0.05) is 6.54 Å². The summed E-state index contributed by atoms with van der Waals surface area (Å²) in [7, 11) is 0. The van der Waals surface area contributed by atoms with Gasteiger partial charge in [-0.15, -0.1) is 0 Å². The second kappa shape index (κ2) is 13.9. The Morgan fingerprint density at radius 1 is 1.17 bits per heavy atom. The molecule has 12 heteroatoms. The molecule has 1 aliphatic rings. The summed E-state index contributed by atoms with van der Waals surface area (Å²) in [6, 6.07) is 10.3. The van der Waals surface area contributed by atoms with Crippen LogP contribution in [-0.2, 0) is 29.1 Å². The lowest BCUT2D eigenvalue weighted by Gasteiger charge is -2.17. The number of carbonyl (C=O) groups is 1. The molecule has 198 valence electrons. The Labute approximate surface area is 210 Å². The lowest BCUT2D eigenvalue weighted by Crippen LogP contribution is -2.33. The minimum atomic E-state index is -4.17. The van der Waals surface area contributed by atoms with Gasteiger partial charge in [0.2, 0.25) is 0 Å². The molecule has 1 aliphatic heterocycles. The SMILES string of the molecule is C=C(CC(=O)O)OO.FC(F)C(F)(F)COc1ccc(CNc2c(Cl)ccc3c2CCNCC3)cc1. The number of fused-ring (bicyclic) bond motifs is 1. The van der Waals surface area contributed by atoms with Gasteiger partial charge in [-0.3, -0.25) is 4.79 Å². The second-order valence-corrected chi connectivity index (χ2v) is 8.27. The molecule has 2 aromatic rings. The van der Waals surface area contributed by atoms with Crippen molar-refractivity contribution >= 4 is 23.3 Å². The number of carboxylic acid groups (broad SMARTS) is 1. The third-order valence-corrected chi connectivity index (χ3v) is 5.42. The van der Waals surface area contributed by atoms with Crippen LogP contribution < -0.4 is 15.4 Å². The van der Waals surface area contributed by atoms with Gasteiger partial charge in [-0.1, -0.05) is 36.4 Å². The van der Waals surface area contributed by atoms with Crippen LogP contribution in [0.15, 0.2) is 48.7 Å². The second-order valence-electron chi connectivity index (χ2n) is 7.86. The Morgan fingerprint density at radius 2 is 1.83 bits per heavy atom. The third-order valence-electron chi connectivity index (χ3n) is 5.10. The molecule has 7 nitrogen and oxygen atoms in total. The number of rotatable bonds is 10. The first kappa shape index (κ1) is 29.2. The molecule has 0 saturated heterocycles. The number of nitrogens with one attached hydrogen (secondary N) is 2. The zero-order valence-electron chi connectivity index (χ0n) is 19.2. The number of alkyl halides is 4. The molecule has 0 bridgehead atoms. The van der Waals surface area contributed by atoms with E-state index >= 15 is 0 Å². The van der Waals surface area contributed by atoms with E-state index in [1.54, 1.807) is 12.1 Å². The summed E-state index contributed by atoms with van der Waals surface area (Å²) >= 11 is 6.38. The van der Waals surface area contributed by atoms with Crippen LogP contribution in [-0.4, -0.2) is 48.4 Å². The largest absolute Gasteiger partial charge is 0.487 e. The van der Waals surface area contributed by atoms with Crippen molar-refractivity contribution in [1.29, 1.82) is 0 Å². The van der Waals surface area contributed by atoms with Crippen molar-refractivity contribution in [2.45, 2.75) is 38.2 Å². The smallest absolute Gasteiger partial charge is 0.340 e. The monoisotopic (exact) mass is 534 g/mol. The van der Waals surface area contributed by atoms with Crippen molar-refractivity contribution in [3.05, 3.63) is 70.4 Å². The van der Waals surface area contributed by atoms with E-state index in [-0.39, 0.29) is 17.9 Å². The number of hydrogen-bond donors (Lipinski definition) is 4. The van der Waals surface area contributed by atoms with Gasteiger partial charge >= 0.3 is 18.3 Å². The number of carboxylic acids is 1. The van der Waals surface area contributed by atoms with E-state index in [1.807, 2.05) is 6.07 Å². The molecular weight excluding hydrogens is 508 g/mol. The zero-order valence-corrected chi connectivity index (χ0v) is 20.0. The summed E-state index contributed by atoms with van der Waals surface area (Å²) in [6.45, 7) is 4.00. The van der Waals surface area contributed by atoms with E-state index in [0.29, 0.717) is 11.6 Å². The Morgan fingerprint density at radius 3 is 2.42 bits per heavy atom. The maximum absolute atomic E-state index is 12.9. The normalized spacial score (nSPS) is 13.1. The van der Waals surface area contributed by atoms with Crippen LogP contribution in [0.25, 0.3) is 0 Å². The summed E-state index contributed by atoms with van der Waals surface area (Å²) in [6.07, 6.45) is -2.30. The van der Waals surface area contributed by atoms with Gasteiger partial charge in [-0.25, -0.2) is 14.0 Å². The van der Waals surface area contributed by atoms with Gasteiger partial charge in [-0.05, 0) is 60.8 Å². The molecule has 0 aliphatic carbocycles. The first-order chi connectivity index (χ1) is 17.0. The van der Waals surface area contributed by atoms with Gasteiger partial charge in [-0.2, -0.15) is 8.78 Å². The van der Waals surface area contributed by atoms with Gasteiger partial charge in [0.25, 0.3) is 0 Å². The van der Waals surface area contributed by atoms with Crippen LogP contribution in [0.1, 0.15) is 23.1 Å². The maximum Gasteiger partial charge on any atom is 0.340 e. The predicted molar refractivity (Wildman–Crippen MR) is 127 cm³/mol. The van der Waals surface area contributed by atoms with Crippen molar-refractivity contribution in [3.8, 4) is 5.75 Å². The van der Waals surface area contributed by atoms with Crippen LogP contribution in [0, 0.1) is 0 Å². The highest BCUT2D eigenvalue weighted by Gasteiger charge is 2.41. The summed E-state index contributed by atoms with van der Waals surface area (Å²) in [5.41, 5.74) is 4.25. The molecule has 2 aromatic carbocycles. The summed E-state index contributed by atoms with van der Waals surface area (Å²) in [5, 5.41) is 23.1. The van der Waals surface area contributed by atoms with E-state index in [2.05, 4.69) is 28.2 Å². The van der Waals surface area contributed by atoms with Crippen molar-refractivity contribution in [1.82, 2.24) is 5.32 Å². The van der Waals surface area contributed by atoms with Gasteiger partial charge in [0.15, 0.2) is 6.61 Å². The fourth-order valence-corrected chi connectivity index (χ4v) is 3.52. The van der Waals surface area contributed by atoms with Crippen molar-refractivity contribution < 1.29 is 42.3 Å². The van der Waals surface area contributed by atoms with Crippen molar-refractivity contribution in [2.75, 3.05) is 25.0 Å². The van der Waals surface area contributed by atoms with E-state index < -0.39 is 24.9 Å². The topological polar surface area (TPSA) is 100 Å². The molecule has 4 N–H and O–H groups in total. The molecule has 0 radical (unpaired) electrons. The number of aliphatic carboxylic acids is 1. The summed E-state index contributed by atoms with van der Waals surface area (Å²) in [4.78, 5) is 13.2. The first-order valence-corrected chi connectivity index (χ1v) is 11.2. The molecule has 0 unspecified atom stereocenters. The average molecular weight is 535 g/mol. The van der Waals surface area contributed by atoms with E-state index in [1.165, 1.54) is 23.3 Å². The van der Waals surface area contributed by atoms with Crippen LogP contribution in [0.3, 0.4) is 0 Å². The minimum Gasteiger partial charge on any atom is -0.487 e. The van der Waals surface area contributed by atoms with Crippen LogP contribution in [0.4, 0.5) is 23.2 Å². The van der Waals surface area contributed by atoms with Crippen molar-refractivity contribution in [3.63, 3.8) is 0 Å². The predicted octanol–water partition coefficient (Wildman–Crippen LogP) is 5.38. The number of anilines is 1. The van der Waals surface area contributed by atoms with Crippen LogP contribution in [0.5, 0.6) is 5.75 Å².